The number of carboxylic acids is 1. The lowest BCUT2D eigenvalue weighted by Gasteiger charge is -2.35. The molecule has 1 saturated heterocycles. The number of benzene rings is 1. The molecule has 1 aromatic heterocycles. The number of halogens is 1. The van der Waals surface area contributed by atoms with Gasteiger partial charge < -0.3 is 19.9 Å². The van der Waals surface area contributed by atoms with Gasteiger partial charge >= 0.3 is 5.97 Å². The monoisotopic (exact) mass is 373 g/mol. The number of carboxylic acid groups (broad SMARTS) is 1. The van der Waals surface area contributed by atoms with E-state index in [1.54, 1.807) is 4.57 Å². The van der Waals surface area contributed by atoms with Crippen LogP contribution in [0.15, 0.2) is 17.1 Å². The van der Waals surface area contributed by atoms with Crippen molar-refractivity contribution in [3.63, 3.8) is 0 Å². The van der Waals surface area contributed by atoms with Crippen LogP contribution in [0.5, 0.6) is 0 Å². The molecule has 2 aromatic rings. The molecule has 0 amide bonds. The number of carbonyl (C=O) groups is 2. The lowest BCUT2D eigenvalue weighted by atomic mass is 10.0. The molecular formula is C19H20FN3O4. The number of nitrogens with zero attached hydrogens (tertiary/aromatic N) is 2. The Morgan fingerprint density at radius 2 is 2.15 bits per heavy atom. The molecule has 1 unspecified atom stereocenters. The minimum Gasteiger partial charge on any atom is -0.477 e. The third kappa shape index (κ3) is 2.90. The number of aromatic carboxylic acids is 1. The van der Waals surface area contributed by atoms with Gasteiger partial charge in [0.1, 0.15) is 11.4 Å². The van der Waals surface area contributed by atoms with Crippen molar-refractivity contribution < 1.29 is 19.1 Å². The highest BCUT2D eigenvalue weighted by atomic mass is 19.1. The molecule has 27 heavy (non-hydrogen) atoms. The summed E-state index contributed by atoms with van der Waals surface area (Å²) in [7, 11) is 0. The Bertz CT molecular complexity index is 1010. The molecule has 2 fully saturated rings. The van der Waals surface area contributed by atoms with Crippen molar-refractivity contribution >= 4 is 28.8 Å². The summed E-state index contributed by atoms with van der Waals surface area (Å²) in [5.74, 6) is -2.04. The fraction of sp³-hybridized carbons (Fsp3) is 0.421. The van der Waals surface area contributed by atoms with Crippen LogP contribution in [0, 0.1) is 5.82 Å². The third-order valence-electron chi connectivity index (χ3n) is 5.25. The Morgan fingerprint density at radius 1 is 1.41 bits per heavy atom. The van der Waals surface area contributed by atoms with Gasteiger partial charge in [-0.3, -0.25) is 9.59 Å². The summed E-state index contributed by atoms with van der Waals surface area (Å²) < 4.78 is 16.7. The lowest BCUT2D eigenvalue weighted by Crippen LogP contribution is -2.49. The summed E-state index contributed by atoms with van der Waals surface area (Å²) >= 11 is 0. The average Bonchev–Trinajstić information content (AvgIpc) is 3.46. The van der Waals surface area contributed by atoms with Crippen LogP contribution in [0.2, 0.25) is 0 Å². The van der Waals surface area contributed by atoms with Gasteiger partial charge in [-0.25, -0.2) is 9.18 Å². The Kier molecular flexibility index (Phi) is 4.22. The van der Waals surface area contributed by atoms with Crippen molar-refractivity contribution in [3.05, 3.63) is 39.4 Å². The van der Waals surface area contributed by atoms with E-state index in [0.717, 1.165) is 18.9 Å². The molecule has 1 aromatic carbocycles. The topological polar surface area (TPSA) is 91.6 Å². The highest BCUT2D eigenvalue weighted by Crippen LogP contribution is 2.39. The molecule has 4 rings (SSSR count). The molecule has 142 valence electrons. The van der Waals surface area contributed by atoms with Crippen LogP contribution in [0.1, 0.15) is 46.5 Å². The first kappa shape index (κ1) is 17.7. The number of fused-ring (bicyclic) bond motifs is 1. The van der Waals surface area contributed by atoms with Gasteiger partial charge in [-0.05, 0) is 25.8 Å². The second-order valence-electron chi connectivity index (χ2n) is 7.25. The Balaban J connectivity index is 2.05. The molecule has 1 aliphatic carbocycles. The molecule has 0 bridgehead atoms. The van der Waals surface area contributed by atoms with Crippen molar-refractivity contribution in [1.29, 1.82) is 0 Å². The highest BCUT2D eigenvalue weighted by molar-refractivity contribution is 6.04. The van der Waals surface area contributed by atoms with Crippen LogP contribution in [0.3, 0.4) is 0 Å². The van der Waals surface area contributed by atoms with Crippen LogP contribution >= 0.6 is 0 Å². The van der Waals surface area contributed by atoms with Crippen LogP contribution < -0.4 is 15.6 Å². The van der Waals surface area contributed by atoms with Gasteiger partial charge in [0.2, 0.25) is 5.43 Å². The summed E-state index contributed by atoms with van der Waals surface area (Å²) in [4.78, 5) is 37.9. The number of nitrogens with one attached hydrogen (secondary N) is 1. The molecule has 2 N–H and O–H groups in total. The van der Waals surface area contributed by atoms with Crippen LogP contribution in [0.25, 0.3) is 10.9 Å². The molecule has 8 heteroatoms. The van der Waals surface area contributed by atoms with Gasteiger partial charge in [0, 0.05) is 37.9 Å². The maximum absolute atomic E-state index is 15.0. The first-order chi connectivity index (χ1) is 12.9. The van der Waals surface area contributed by atoms with Gasteiger partial charge in [0.25, 0.3) is 0 Å². The fourth-order valence-corrected chi connectivity index (χ4v) is 3.87. The molecule has 0 radical (unpaired) electrons. The second kappa shape index (κ2) is 6.45. The molecule has 2 aliphatic rings. The van der Waals surface area contributed by atoms with Crippen LogP contribution in [0.4, 0.5) is 10.1 Å². The van der Waals surface area contributed by atoms with E-state index in [-0.39, 0.29) is 28.7 Å². The highest BCUT2D eigenvalue weighted by Gasteiger charge is 2.31. The predicted molar refractivity (Wildman–Crippen MR) is 98.5 cm³/mol. The van der Waals surface area contributed by atoms with E-state index in [0.29, 0.717) is 31.4 Å². The minimum absolute atomic E-state index is 0.0187. The second-order valence-corrected chi connectivity index (χ2v) is 7.25. The zero-order valence-electron chi connectivity index (χ0n) is 14.9. The Morgan fingerprint density at radius 3 is 2.74 bits per heavy atom. The third-order valence-corrected chi connectivity index (χ3v) is 5.25. The lowest BCUT2D eigenvalue weighted by molar-refractivity contribution is 0.0694. The molecule has 1 atom stereocenters. The van der Waals surface area contributed by atoms with Gasteiger partial charge in [0.05, 0.1) is 22.2 Å². The van der Waals surface area contributed by atoms with E-state index in [1.165, 1.54) is 6.20 Å². The minimum atomic E-state index is -1.36. The number of aldehydes is 1. The molecule has 7 nitrogen and oxygen atoms in total. The SMILES string of the molecule is CC1CN(c2c(F)cc3c(=O)c(C(=O)O)cn(C4CC4)c3c2C=O)CCN1. The van der Waals surface area contributed by atoms with Crippen molar-refractivity contribution in [2.45, 2.75) is 31.8 Å². The molecule has 1 aliphatic heterocycles. The smallest absolute Gasteiger partial charge is 0.341 e. The Hall–Kier alpha value is -2.74. The van der Waals surface area contributed by atoms with Gasteiger partial charge in [0.15, 0.2) is 6.29 Å². The number of pyridine rings is 1. The number of carbonyl (C=O) groups excluding carboxylic acids is 1. The molecule has 1 saturated carbocycles. The van der Waals surface area contributed by atoms with Crippen LogP contribution in [-0.4, -0.2) is 47.6 Å². The number of rotatable bonds is 4. The number of hydrogen-bond donors (Lipinski definition) is 2. The zero-order valence-corrected chi connectivity index (χ0v) is 14.9. The van der Waals surface area contributed by atoms with E-state index in [1.807, 2.05) is 11.8 Å². The van der Waals surface area contributed by atoms with Crippen molar-refractivity contribution in [3.8, 4) is 0 Å². The normalized spacial score (nSPS) is 20.1. The van der Waals surface area contributed by atoms with E-state index >= 15 is 4.39 Å². The summed E-state index contributed by atoms with van der Waals surface area (Å²) in [5, 5.41) is 12.6. The summed E-state index contributed by atoms with van der Waals surface area (Å²) in [6, 6.07) is 1.23. The molecule has 0 spiro atoms. The largest absolute Gasteiger partial charge is 0.477 e. The van der Waals surface area contributed by atoms with Gasteiger partial charge in [-0.2, -0.15) is 0 Å². The number of piperazine rings is 1. The average molecular weight is 373 g/mol. The van der Waals surface area contributed by atoms with Gasteiger partial charge in [-0.1, -0.05) is 0 Å². The van der Waals surface area contributed by atoms with E-state index in [4.69, 9.17) is 0 Å². The zero-order chi connectivity index (χ0) is 19.3. The molecular weight excluding hydrogens is 353 g/mol. The first-order valence-electron chi connectivity index (χ1n) is 9.00. The maximum Gasteiger partial charge on any atom is 0.341 e. The number of aromatic nitrogens is 1. The number of hydrogen-bond acceptors (Lipinski definition) is 5. The quantitative estimate of drug-likeness (QED) is 0.794. The first-order valence-corrected chi connectivity index (χ1v) is 9.00. The van der Waals surface area contributed by atoms with Crippen molar-refractivity contribution in [2.75, 3.05) is 24.5 Å². The fourth-order valence-electron chi connectivity index (χ4n) is 3.87. The van der Waals surface area contributed by atoms with E-state index < -0.39 is 22.8 Å². The van der Waals surface area contributed by atoms with Gasteiger partial charge in [-0.15, -0.1) is 0 Å². The van der Waals surface area contributed by atoms with E-state index in [2.05, 4.69) is 5.32 Å². The summed E-state index contributed by atoms with van der Waals surface area (Å²) in [5.41, 5.74) is -0.557. The standard InChI is InChI=1S/C19H20FN3O4/c1-10-7-22(5-4-21-10)17-14(9-24)16-12(6-15(17)20)18(25)13(19(26)27)8-23(16)11-2-3-11/h6,8-11,21H,2-5,7H2,1H3,(H,26,27). The summed E-state index contributed by atoms with van der Waals surface area (Å²) in [6.07, 6.45) is 3.52. The summed E-state index contributed by atoms with van der Waals surface area (Å²) in [6.45, 7) is 3.70. The predicted octanol–water partition coefficient (Wildman–Crippen LogP) is 1.78. The number of anilines is 1. The van der Waals surface area contributed by atoms with E-state index in [9.17, 15) is 19.5 Å². The van der Waals surface area contributed by atoms with Crippen molar-refractivity contribution in [1.82, 2.24) is 9.88 Å². The van der Waals surface area contributed by atoms with Crippen LogP contribution in [-0.2, 0) is 0 Å². The maximum atomic E-state index is 15.0. The van der Waals surface area contributed by atoms with Crippen molar-refractivity contribution in [2.24, 2.45) is 0 Å². The molecule has 2 heterocycles. The Labute approximate surface area is 154 Å².